The highest BCUT2D eigenvalue weighted by molar-refractivity contribution is 5.52. The first-order valence-corrected chi connectivity index (χ1v) is 9.45. The van der Waals surface area contributed by atoms with Gasteiger partial charge in [0.05, 0.1) is 19.8 Å². The van der Waals surface area contributed by atoms with Crippen LogP contribution in [0.15, 0.2) is 30.3 Å². The maximum absolute atomic E-state index is 5.85. The van der Waals surface area contributed by atoms with Crippen molar-refractivity contribution < 1.29 is 24.3 Å². The molecule has 138 valence electrons. The number of nitrogens with two attached hydrogens (primary N) is 1. The van der Waals surface area contributed by atoms with Crippen LogP contribution in [0, 0.1) is 0 Å². The molecule has 2 aliphatic rings. The zero-order valence-corrected chi connectivity index (χ0v) is 15.4. The molecule has 0 fully saturated rings. The van der Waals surface area contributed by atoms with Crippen LogP contribution < -0.4 is 24.3 Å². The second-order valence-electron chi connectivity index (χ2n) is 6.52. The highest BCUT2D eigenvalue weighted by Crippen LogP contribution is 2.38. The van der Waals surface area contributed by atoms with Gasteiger partial charge in [0.2, 0.25) is 0 Å². The summed E-state index contributed by atoms with van der Waals surface area (Å²) in [6.07, 6.45) is 1.03. The summed E-state index contributed by atoms with van der Waals surface area (Å²) < 4.78 is 23.1. The molecule has 0 aliphatic carbocycles. The Bertz CT molecular complexity index is 790. The van der Waals surface area contributed by atoms with Gasteiger partial charge in [-0.05, 0) is 49.7 Å². The van der Waals surface area contributed by atoms with Gasteiger partial charge in [0.25, 0.3) is 0 Å². The van der Waals surface area contributed by atoms with Crippen LogP contribution in [0.5, 0.6) is 23.0 Å². The van der Waals surface area contributed by atoms with Crippen LogP contribution >= 0.6 is 0 Å². The number of quaternary nitrogens is 1. The topological polar surface area (TPSA) is 53.5 Å². The van der Waals surface area contributed by atoms with Gasteiger partial charge >= 0.3 is 0 Å². The van der Waals surface area contributed by atoms with E-state index < -0.39 is 0 Å². The van der Waals surface area contributed by atoms with E-state index in [9.17, 15) is 0 Å². The predicted molar refractivity (Wildman–Crippen MR) is 98.6 cm³/mol. The molecule has 0 amide bonds. The zero-order valence-electron chi connectivity index (χ0n) is 15.4. The second-order valence-corrected chi connectivity index (χ2v) is 6.52. The van der Waals surface area contributed by atoms with Crippen LogP contribution in [0.1, 0.15) is 36.6 Å². The standard InChI is InChI=1S/C21H25NO4/c1-3-23-19-11-14-7-8-22-21(16(14)13-20(19)24-4-2)15-5-6-17-18(12-15)26-10-9-25-17/h5-6,11-13,21-22H,3-4,7-10H2,1-2H3/p+1. The van der Waals surface area contributed by atoms with Crippen LogP contribution in [0.2, 0.25) is 0 Å². The highest BCUT2D eigenvalue weighted by atomic mass is 16.6. The second kappa shape index (κ2) is 7.46. The van der Waals surface area contributed by atoms with Crippen LogP contribution in [0.25, 0.3) is 0 Å². The van der Waals surface area contributed by atoms with Crippen molar-refractivity contribution >= 4 is 0 Å². The fourth-order valence-corrected chi connectivity index (χ4v) is 3.76. The molecule has 2 heterocycles. The van der Waals surface area contributed by atoms with Crippen molar-refractivity contribution in [1.29, 1.82) is 0 Å². The van der Waals surface area contributed by atoms with E-state index >= 15 is 0 Å². The van der Waals surface area contributed by atoms with Gasteiger partial charge in [-0.2, -0.15) is 0 Å². The van der Waals surface area contributed by atoms with Crippen LogP contribution in [-0.2, 0) is 6.42 Å². The molecule has 0 saturated heterocycles. The summed E-state index contributed by atoms with van der Waals surface area (Å²) in [7, 11) is 0. The van der Waals surface area contributed by atoms with E-state index in [0.717, 1.165) is 36.0 Å². The fraction of sp³-hybridized carbons (Fsp3) is 0.429. The van der Waals surface area contributed by atoms with Gasteiger partial charge in [-0.3, -0.25) is 0 Å². The molecule has 5 nitrogen and oxygen atoms in total. The Kier molecular flexibility index (Phi) is 4.89. The molecular formula is C21H26NO4+. The summed E-state index contributed by atoms with van der Waals surface area (Å²) in [5.41, 5.74) is 3.85. The first kappa shape index (κ1) is 17.0. The summed E-state index contributed by atoms with van der Waals surface area (Å²) in [4.78, 5) is 0. The maximum atomic E-state index is 5.85. The molecule has 4 rings (SSSR count). The molecule has 2 aliphatic heterocycles. The van der Waals surface area contributed by atoms with E-state index in [1.54, 1.807) is 0 Å². The summed E-state index contributed by atoms with van der Waals surface area (Å²) >= 11 is 0. The van der Waals surface area contributed by atoms with E-state index in [1.165, 1.54) is 16.7 Å². The highest BCUT2D eigenvalue weighted by Gasteiger charge is 2.28. The Morgan fingerprint density at radius 3 is 2.46 bits per heavy atom. The van der Waals surface area contributed by atoms with Crippen molar-refractivity contribution in [1.82, 2.24) is 0 Å². The summed E-state index contributed by atoms with van der Waals surface area (Å²) in [5, 5.41) is 2.38. The van der Waals surface area contributed by atoms with E-state index in [-0.39, 0.29) is 6.04 Å². The Labute approximate surface area is 154 Å². The summed E-state index contributed by atoms with van der Waals surface area (Å²) in [5.74, 6) is 3.34. The van der Waals surface area contributed by atoms with Crippen molar-refractivity contribution in [2.45, 2.75) is 26.3 Å². The summed E-state index contributed by atoms with van der Waals surface area (Å²) in [6, 6.07) is 10.8. The molecule has 2 N–H and O–H groups in total. The molecule has 0 aromatic heterocycles. The Morgan fingerprint density at radius 2 is 1.69 bits per heavy atom. The lowest BCUT2D eigenvalue weighted by atomic mass is 9.89. The minimum absolute atomic E-state index is 0.226. The number of hydrogen-bond donors (Lipinski definition) is 1. The molecule has 0 bridgehead atoms. The van der Waals surface area contributed by atoms with Crippen LogP contribution in [0.3, 0.4) is 0 Å². The van der Waals surface area contributed by atoms with Gasteiger partial charge in [0.1, 0.15) is 19.3 Å². The molecule has 0 spiro atoms. The Balaban J connectivity index is 1.73. The van der Waals surface area contributed by atoms with E-state index in [2.05, 4.69) is 29.6 Å². The number of ether oxygens (including phenoxy) is 4. The zero-order chi connectivity index (χ0) is 17.9. The molecule has 1 atom stereocenters. The van der Waals surface area contributed by atoms with Gasteiger partial charge in [-0.1, -0.05) is 0 Å². The van der Waals surface area contributed by atoms with Gasteiger partial charge < -0.3 is 24.3 Å². The van der Waals surface area contributed by atoms with Gasteiger partial charge in [-0.25, -0.2) is 0 Å². The molecular weight excluding hydrogens is 330 g/mol. The maximum Gasteiger partial charge on any atom is 0.161 e. The average molecular weight is 356 g/mol. The third-order valence-corrected chi connectivity index (χ3v) is 4.88. The van der Waals surface area contributed by atoms with Crippen LogP contribution in [-0.4, -0.2) is 33.0 Å². The lowest BCUT2D eigenvalue weighted by Gasteiger charge is -2.27. The lowest BCUT2D eigenvalue weighted by Crippen LogP contribution is -2.87. The molecule has 26 heavy (non-hydrogen) atoms. The molecule has 0 saturated carbocycles. The SMILES string of the molecule is CCOc1cc2c(cc1OCC)C(c1ccc3c(c1)OCCO3)[NH2+]CC2. The van der Waals surface area contributed by atoms with Crippen molar-refractivity contribution in [2.75, 3.05) is 33.0 Å². The van der Waals surface area contributed by atoms with E-state index in [4.69, 9.17) is 18.9 Å². The number of benzene rings is 2. The van der Waals surface area contributed by atoms with Crippen molar-refractivity contribution in [3.8, 4) is 23.0 Å². The monoisotopic (exact) mass is 356 g/mol. The minimum Gasteiger partial charge on any atom is -0.490 e. The van der Waals surface area contributed by atoms with Gasteiger partial charge in [0.15, 0.2) is 23.0 Å². The Morgan fingerprint density at radius 1 is 0.962 bits per heavy atom. The quantitative estimate of drug-likeness (QED) is 0.894. The van der Waals surface area contributed by atoms with E-state index in [1.807, 2.05) is 19.9 Å². The number of fused-ring (bicyclic) bond motifs is 2. The molecule has 0 radical (unpaired) electrons. The van der Waals surface area contributed by atoms with Crippen molar-refractivity contribution in [3.63, 3.8) is 0 Å². The predicted octanol–water partition coefficient (Wildman–Crippen LogP) is 2.46. The van der Waals surface area contributed by atoms with Crippen LogP contribution in [0.4, 0.5) is 0 Å². The largest absolute Gasteiger partial charge is 0.490 e. The minimum atomic E-state index is 0.226. The number of hydrogen-bond acceptors (Lipinski definition) is 4. The molecule has 5 heteroatoms. The molecule has 2 aromatic carbocycles. The van der Waals surface area contributed by atoms with Gasteiger partial charge in [0, 0.05) is 17.5 Å². The fourth-order valence-electron chi connectivity index (χ4n) is 3.76. The average Bonchev–Trinajstić information content (AvgIpc) is 2.68. The van der Waals surface area contributed by atoms with Crippen molar-refractivity contribution in [3.05, 3.63) is 47.0 Å². The third kappa shape index (κ3) is 3.19. The van der Waals surface area contributed by atoms with E-state index in [0.29, 0.717) is 26.4 Å². The first-order valence-electron chi connectivity index (χ1n) is 9.45. The summed E-state index contributed by atoms with van der Waals surface area (Å²) in [6.45, 7) is 7.52. The van der Waals surface area contributed by atoms with Gasteiger partial charge in [-0.15, -0.1) is 0 Å². The van der Waals surface area contributed by atoms with Crippen molar-refractivity contribution in [2.24, 2.45) is 0 Å². The Hall–Kier alpha value is -2.40. The lowest BCUT2D eigenvalue weighted by molar-refractivity contribution is -0.690. The normalized spacial score (nSPS) is 18.2. The molecule has 1 unspecified atom stereocenters. The third-order valence-electron chi connectivity index (χ3n) is 4.88. The first-order chi connectivity index (χ1) is 12.8. The molecule has 2 aromatic rings. The smallest absolute Gasteiger partial charge is 0.161 e. The number of rotatable bonds is 5.